The molecule has 0 aliphatic carbocycles. The van der Waals surface area contributed by atoms with E-state index in [9.17, 15) is 30.0 Å². The average Bonchev–Trinajstić information content (AvgIpc) is 2.63. The first-order valence-electron chi connectivity index (χ1n) is 8.30. The van der Waals surface area contributed by atoms with Gasteiger partial charge in [0.15, 0.2) is 11.5 Å². The predicted molar refractivity (Wildman–Crippen MR) is 95.9 cm³/mol. The number of rotatable bonds is 9. The molecule has 0 heterocycles. The van der Waals surface area contributed by atoms with Crippen LogP contribution >= 0.6 is 0 Å². The van der Waals surface area contributed by atoms with E-state index in [4.69, 9.17) is 4.74 Å². The lowest BCUT2D eigenvalue weighted by Crippen LogP contribution is -2.39. The van der Waals surface area contributed by atoms with E-state index in [1.165, 1.54) is 42.5 Å². The third-order valence-electron chi connectivity index (χ3n) is 3.83. The summed E-state index contributed by atoms with van der Waals surface area (Å²) in [4.78, 5) is 23.2. The van der Waals surface area contributed by atoms with Gasteiger partial charge in [0.1, 0.15) is 11.8 Å². The molecule has 0 aliphatic rings. The van der Waals surface area contributed by atoms with E-state index < -0.39 is 18.0 Å². The van der Waals surface area contributed by atoms with E-state index in [-0.39, 0.29) is 30.3 Å². The molecule has 0 aliphatic heterocycles. The van der Waals surface area contributed by atoms with Crippen molar-refractivity contribution in [1.82, 2.24) is 5.32 Å². The van der Waals surface area contributed by atoms with Gasteiger partial charge in [0.25, 0.3) is 0 Å². The number of carbonyl (C=O) groups excluding carboxylic acids is 1. The molecule has 2 aromatic carbocycles. The Morgan fingerprint density at radius 1 is 1.00 bits per heavy atom. The van der Waals surface area contributed by atoms with Gasteiger partial charge in [-0.3, -0.25) is 4.79 Å². The fraction of sp³-hybridized carbons (Fsp3) is 0.263. The number of ether oxygens (including phenoxy) is 1. The Kier molecular flexibility index (Phi) is 7.01. The number of hydrogen-bond donors (Lipinski definition) is 5. The Bertz CT molecular complexity index is 789. The third kappa shape index (κ3) is 6.19. The first kappa shape index (κ1) is 20.1. The fourth-order valence-electron chi connectivity index (χ4n) is 2.37. The minimum atomic E-state index is -1.05. The van der Waals surface area contributed by atoms with Crippen LogP contribution < -0.4 is 5.32 Å². The van der Waals surface area contributed by atoms with Gasteiger partial charge in [-0.2, -0.15) is 0 Å². The molecule has 1 atom stereocenters. The molecule has 0 bridgehead atoms. The maximum atomic E-state index is 11.8. The first-order chi connectivity index (χ1) is 12.9. The van der Waals surface area contributed by atoms with Crippen LogP contribution in [-0.2, 0) is 16.0 Å². The standard InChI is InChI=1S/C19H21NO7/c21-14-5-3-13(4-6-14)19(26)27-9-1-8-20-15(18(24)25)10-12-2-7-16(22)17(23)11-12/h2-7,11,15,20-23H,1,8-10H2,(H,24,25)/t15-/m0/s1. The molecule has 0 saturated carbocycles. The zero-order chi connectivity index (χ0) is 19.8. The molecule has 2 rings (SSSR count). The number of benzene rings is 2. The van der Waals surface area contributed by atoms with Crippen molar-refractivity contribution in [3.8, 4) is 17.2 Å². The Balaban J connectivity index is 1.75. The average molecular weight is 375 g/mol. The van der Waals surface area contributed by atoms with Crippen molar-refractivity contribution in [2.75, 3.05) is 13.2 Å². The van der Waals surface area contributed by atoms with Gasteiger partial charge in [-0.25, -0.2) is 4.79 Å². The molecule has 0 aromatic heterocycles. The number of carbonyl (C=O) groups is 2. The van der Waals surface area contributed by atoms with Crippen LogP contribution in [0.3, 0.4) is 0 Å². The van der Waals surface area contributed by atoms with E-state index in [2.05, 4.69) is 5.32 Å². The van der Waals surface area contributed by atoms with Crippen molar-refractivity contribution in [3.63, 3.8) is 0 Å². The van der Waals surface area contributed by atoms with E-state index in [1.54, 1.807) is 0 Å². The number of phenols is 3. The molecule has 0 saturated heterocycles. The minimum Gasteiger partial charge on any atom is -0.508 e. The largest absolute Gasteiger partial charge is 0.508 e. The number of nitrogens with one attached hydrogen (secondary N) is 1. The first-order valence-corrected chi connectivity index (χ1v) is 8.30. The summed E-state index contributed by atoms with van der Waals surface area (Å²) >= 11 is 0. The number of hydrogen-bond acceptors (Lipinski definition) is 7. The van der Waals surface area contributed by atoms with Gasteiger partial charge >= 0.3 is 11.9 Å². The summed E-state index contributed by atoms with van der Waals surface area (Å²) in [5.74, 6) is -2.10. The molecule has 0 spiro atoms. The van der Waals surface area contributed by atoms with Crippen LogP contribution in [0.15, 0.2) is 42.5 Å². The fourth-order valence-corrected chi connectivity index (χ4v) is 2.37. The molecular formula is C19H21NO7. The van der Waals surface area contributed by atoms with Gasteiger partial charge in [-0.15, -0.1) is 0 Å². The van der Waals surface area contributed by atoms with Gasteiger partial charge in [0.05, 0.1) is 12.2 Å². The highest BCUT2D eigenvalue weighted by Crippen LogP contribution is 2.25. The second kappa shape index (κ2) is 9.44. The molecule has 0 fully saturated rings. The smallest absolute Gasteiger partial charge is 0.338 e. The zero-order valence-electron chi connectivity index (χ0n) is 14.5. The van der Waals surface area contributed by atoms with Crippen molar-refractivity contribution < 1.29 is 34.8 Å². The molecule has 5 N–H and O–H groups in total. The topological polar surface area (TPSA) is 136 Å². The second-order valence-electron chi connectivity index (χ2n) is 5.91. The quantitative estimate of drug-likeness (QED) is 0.253. The van der Waals surface area contributed by atoms with Crippen LogP contribution in [0.1, 0.15) is 22.3 Å². The Morgan fingerprint density at radius 3 is 2.33 bits per heavy atom. The highest BCUT2D eigenvalue weighted by atomic mass is 16.5. The lowest BCUT2D eigenvalue weighted by Gasteiger charge is -2.15. The lowest BCUT2D eigenvalue weighted by molar-refractivity contribution is -0.139. The summed E-state index contributed by atoms with van der Waals surface area (Å²) in [5.41, 5.74) is 0.875. The molecule has 144 valence electrons. The number of carboxylic acids is 1. The molecule has 0 radical (unpaired) electrons. The van der Waals surface area contributed by atoms with Crippen molar-refractivity contribution in [2.24, 2.45) is 0 Å². The third-order valence-corrected chi connectivity index (χ3v) is 3.83. The maximum absolute atomic E-state index is 11.8. The molecule has 2 aromatic rings. The van der Waals surface area contributed by atoms with Gasteiger partial charge in [0.2, 0.25) is 0 Å². The molecule has 8 nitrogen and oxygen atoms in total. The van der Waals surface area contributed by atoms with Crippen LogP contribution in [0, 0.1) is 0 Å². The SMILES string of the molecule is O=C(OCCCN[C@@H](Cc1ccc(O)c(O)c1)C(=O)O)c1ccc(O)cc1. The van der Waals surface area contributed by atoms with E-state index >= 15 is 0 Å². The van der Waals surface area contributed by atoms with Gasteiger partial charge in [0, 0.05) is 0 Å². The van der Waals surface area contributed by atoms with Crippen molar-refractivity contribution in [1.29, 1.82) is 0 Å². The van der Waals surface area contributed by atoms with Crippen molar-refractivity contribution >= 4 is 11.9 Å². The summed E-state index contributed by atoms with van der Waals surface area (Å²) in [6.07, 6.45) is 0.533. The number of esters is 1. The maximum Gasteiger partial charge on any atom is 0.338 e. The number of aromatic hydroxyl groups is 3. The highest BCUT2D eigenvalue weighted by Gasteiger charge is 2.18. The Hall–Kier alpha value is -3.26. The molecule has 8 heteroatoms. The second-order valence-corrected chi connectivity index (χ2v) is 5.91. The molecule has 0 unspecified atom stereocenters. The van der Waals surface area contributed by atoms with Crippen LogP contribution in [0.5, 0.6) is 17.2 Å². The number of aliphatic carboxylic acids is 1. The van der Waals surface area contributed by atoms with E-state index in [1.807, 2.05) is 0 Å². The minimum absolute atomic E-state index is 0.0532. The summed E-state index contributed by atoms with van der Waals surface area (Å²) in [5, 5.41) is 40.1. The van der Waals surface area contributed by atoms with Crippen molar-refractivity contribution in [3.05, 3.63) is 53.6 Å². The molecule has 0 amide bonds. The summed E-state index contributed by atoms with van der Waals surface area (Å²) in [6, 6.07) is 8.92. The van der Waals surface area contributed by atoms with E-state index in [0.717, 1.165) is 0 Å². The zero-order valence-corrected chi connectivity index (χ0v) is 14.5. The summed E-state index contributed by atoms with van der Waals surface area (Å²) in [6.45, 7) is 0.420. The molecule has 27 heavy (non-hydrogen) atoms. The van der Waals surface area contributed by atoms with E-state index in [0.29, 0.717) is 24.1 Å². The highest BCUT2D eigenvalue weighted by molar-refractivity contribution is 5.89. The van der Waals surface area contributed by atoms with Gasteiger partial charge in [-0.1, -0.05) is 6.07 Å². The van der Waals surface area contributed by atoms with Gasteiger partial charge in [-0.05, 0) is 61.3 Å². The number of phenolic OH excluding ortho intramolecular Hbond substituents is 3. The van der Waals surface area contributed by atoms with Crippen LogP contribution in [0.2, 0.25) is 0 Å². The Labute approximate surface area is 155 Å². The summed E-state index contributed by atoms with van der Waals surface area (Å²) < 4.78 is 5.09. The predicted octanol–water partition coefficient (Wildman–Crippen LogP) is 1.64. The van der Waals surface area contributed by atoms with Crippen LogP contribution in [-0.4, -0.2) is 51.6 Å². The lowest BCUT2D eigenvalue weighted by atomic mass is 10.1. The van der Waals surface area contributed by atoms with Crippen LogP contribution in [0.4, 0.5) is 0 Å². The summed E-state index contributed by atoms with van der Waals surface area (Å²) in [7, 11) is 0. The number of carboxylic acid groups (broad SMARTS) is 1. The monoisotopic (exact) mass is 375 g/mol. The molecular weight excluding hydrogens is 354 g/mol. The normalized spacial score (nSPS) is 11.7. The van der Waals surface area contributed by atoms with Crippen molar-refractivity contribution in [2.45, 2.75) is 18.9 Å². The van der Waals surface area contributed by atoms with Crippen LogP contribution in [0.25, 0.3) is 0 Å². The Morgan fingerprint density at radius 2 is 1.70 bits per heavy atom. The van der Waals surface area contributed by atoms with Gasteiger partial charge < -0.3 is 30.5 Å².